The zero-order valence-corrected chi connectivity index (χ0v) is 16.1. The van der Waals surface area contributed by atoms with Crippen molar-refractivity contribution in [3.63, 3.8) is 0 Å². The van der Waals surface area contributed by atoms with E-state index in [0.717, 1.165) is 0 Å². The van der Waals surface area contributed by atoms with E-state index in [1.165, 1.54) is 42.5 Å². The van der Waals surface area contributed by atoms with Gasteiger partial charge in [-0.25, -0.2) is 0 Å². The molecular formula is C17H15N3O6S2. The van der Waals surface area contributed by atoms with Gasteiger partial charge in [0.1, 0.15) is 16.3 Å². The van der Waals surface area contributed by atoms with E-state index in [-0.39, 0.29) is 22.0 Å². The number of rotatable bonds is 4. The first-order chi connectivity index (χ1) is 13.0. The number of nitrogen functional groups attached to an aromatic ring is 1. The maximum absolute atomic E-state index is 11.5. The van der Waals surface area contributed by atoms with Gasteiger partial charge in [0.05, 0.1) is 10.6 Å². The highest BCUT2D eigenvalue weighted by molar-refractivity contribution is 7.86. The summed E-state index contributed by atoms with van der Waals surface area (Å²) in [6, 6.07) is 11.0. The second-order valence-electron chi connectivity index (χ2n) is 6.01. The summed E-state index contributed by atoms with van der Waals surface area (Å²) in [5, 5.41) is 8.82. The molecule has 0 aromatic heterocycles. The van der Waals surface area contributed by atoms with Crippen LogP contribution in [0.25, 0.3) is 10.8 Å². The van der Waals surface area contributed by atoms with E-state index in [2.05, 4.69) is 10.2 Å². The first-order valence-electron chi connectivity index (χ1n) is 7.76. The fraction of sp³-hybridized carbons (Fsp3) is 0.0588. The summed E-state index contributed by atoms with van der Waals surface area (Å²) >= 11 is 0. The lowest BCUT2D eigenvalue weighted by molar-refractivity contribution is 0.481. The lowest BCUT2D eigenvalue weighted by Crippen LogP contribution is -1.98. The molecule has 0 aliphatic carbocycles. The average Bonchev–Trinajstić information content (AvgIpc) is 2.58. The zero-order chi connectivity index (χ0) is 20.7. The highest BCUT2D eigenvalue weighted by atomic mass is 32.2. The Labute approximate surface area is 161 Å². The van der Waals surface area contributed by atoms with Gasteiger partial charge in [0.25, 0.3) is 20.2 Å². The normalized spacial score (nSPS) is 12.7. The van der Waals surface area contributed by atoms with Crippen molar-refractivity contribution >= 4 is 48.1 Å². The Balaban J connectivity index is 2.18. The lowest BCUT2D eigenvalue weighted by Gasteiger charge is -2.07. The number of anilines is 1. The van der Waals surface area contributed by atoms with Gasteiger partial charge >= 0.3 is 0 Å². The van der Waals surface area contributed by atoms with Crippen LogP contribution in [-0.2, 0) is 20.2 Å². The summed E-state index contributed by atoms with van der Waals surface area (Å²) in [6.07, 6.45) is 0. The smallest absolute Gasteiger partial charge is 0.296 e. The van der Waals surface area contributed by atoms with Gasteiger partial charge in [-0.05, 0) is 48.2 Å². The number of nitrogens with two attached hydrogens (primary N) is 1. The molecule has 3 aromatic carbocycles. The molecule has 0 aliphatic heterocycles. The number of nitrogens with zero attached hydrogens (tertiary/aromatic N) is 2. The molecule has 0 heterocycles. The molecule has 0 unspecified atom stereocenters. The van der Waals surface area contributed by atoms with Crippen molar-refractivity contribution in [1.29, 1.82) is 0 Å². The SMILES string of the molecule is Cc1ccc(S(=O)(=O)O)c(N=Nc2c(N)ccc3cc(S(=O)(=O)O)ccc23)c1. The summed E-state index contributed by atoms with van der Waals surface area (Å²) in [4.78, 5) is -0.700. The molecule has 146 valence electrons. The van der Waals surface area contributed by atoms with Crippen LogP contribution in [0.5, 0.6) is 0 Å². The van der Waals surface area contributed by atoms with Crippen LogP contribution < -0.4 is 5.73 Å². The van der Waals surface area contributed by atoms with Crippen molar-refractivity contribution in [3.8, 4) is 0 Å². The van der Waals surface area contributed by atoms with Gasteiger partial charge in [0.2, 0.25) is 0 Å². The molecule has 0 atom stereocenters. The minimum atomic E-state index is -4.51. The fourth-order valence-corrected chi connectivity index (χ4v) is 3.73. The van der Waals surface area contributed by atoms with E-state index >= 15 is 0 Å². The summed E-state index contributed by atoms with van der Waals surface area (Å²) in [6.45, 7) is 1.72. The van der Waals surface area contributed by atoms with Crippen molar-refractivity contribution < 1.29 is 25.9 Å². The summed E-state index contributed by atoms with van der Waals surface area (Å²) in [5.41, 5.74) is 6.96. The Morgan fingerprint density at radius 3 is 2.21 bits per heavy atom. The highest BCUT2D eigenvalue weighted by Gasteiger charge is 2.16. The first-order valence-corrected chi connectivity index (χ1v) is 10.6. The molecule has 3 rings (SSSR count). The Bertz CT molecular complexity index is 1330. The minimum absolute atomic E-state index is 0.0755. The molecule has 11 heteroatoms. The van der Waals surface area contributed by atoms with Gasteiger partial charge in [-0.2, -0.15) is 16.8 Å². The molecule has 0 radical (unpaired) electrons. The molecule has 0 fully saturated rings. The van der Waals surface area contributed by atoms with Gasteiger partial charge in [-0.3, -0.25) is 9.11 Å². The average molecular weight is 421 g/mol. The summed E-state index contributed by atoms with van der Waals surface area (Å²) in [7, 11) is -8.89. The Kier molecular flexibility index (Phi) is 4.93. The number of fused-ring (bicyclic) bond motifs is 1. The molecule has 0 saturated heterocycles. The van der Waals surface area contributed by atoms with Crippen LogP contribution in [0.4, 0.5) is 17.1 Å². The number of benzene rings is 3. The van der Waals surface area contributed by atoms with Gasteiger partial charge < -0.3 is 5.73 Å². The standard InChI is InChI=1S/C17H15N3O6S2/c1-10-2-7-16(28(24,25)26)15(8-10)19-20-17-13-5-4-12(27(21,22)23)9-11(13)3-6-14(17)18/h2-9H,18H2,1H3,(H,21,22,23)(H,24,25,26). The zero-order valence-electron chi connectivity index (χ0n) is 14.4. The lowest BCUT2D eigenvalue weighted by atomic mass is 10.1. The van der Waals surface area contributed by atoms with E-state index in [1.807, 2.05) is 0 Å². The fourth-order valence-electron chi connectivity index (χ4n) is 2.61. The predicted octanol–water partition coefficient (Wildman–Crippen LogP) is 3.64. The van der Waals surface area contributed by atoms with E-state index in [1.54, 1.807) is 13.0 Å². The van der Waals surface area contributed by atoms with Crippen LogP contribution in [0.15, 0.2) is 68.6 Å². The molecule has 9 nitrogen and oxygen atoms in total. The van der Waals surface area contributed by atoms with Gasteiger partial charge in [0.15, 0.2) is 0 Å². The van der Waals surface area contributed by atoms with Crippen LogP contribution in [0.3, 0.4) is 0 Å². The van der Waals surface area contributed by atoms with Crippen LogP contribution in [-0.4, -0.2) is 25.9 Å². The van der Waals surface area contributed by atoms with Gasteiger partial charge in [-0.15, -0.1) is 10.2 Å². The number of hydrogen-bond acceptors (Lipinski definition) is 7. The van der Waals surface area contributed by atoms with E-state index in [9.17, 15) is 25.9 Å². The Morgan fingerprint density at radius 2 is 1.57 bits per heavy atom. The summed E-state index contributed by atoms with van der Waals surface area (Å²) < 4.78 is 64.2. The highest BCUT2D eigenvalue weighted by Crippen LogP contribution is 2.35. The van der Waals surface area contributed by atoms with Crippen LogP contribution in [0, 0.1) is 6.92 Å². The predicted molar refractivity (Wildman–Crippen MR) is 103 cm³/mol. The van der Waals surface area contributed by atoms with Crippen molar-refractivity contribution in [1.82, 2.24) is 0 Å². The maximum atomic E-state index is 11.5. The van der Waals surface area contributed by atoms with Crippen molar-refractivity contribution in [2.45, 2.75) is 16.7 Å². The number of azo groups is 1. The molecule has 0 spiro atoms. The maximum Gasteiger partial charge on any atom is 0.296 e. The van der Waals surface area contributed by atoms with Gasteiger partial charge in [-0.1, -0.05) is 18.2 Å². The van der Waals surface area contributed by atoms with Crippen molar-refractivity contribution in [2.24, 2.45) is 10.2 Å². The topological polar surface area (TPSA) is 159 Å². The van der Waals surface area contributed by atoms with Crippen LogP contribution in [0.2, 0.25) is 0 Å². The third kappa shape index (κ3) is 4.02. The second-order valence-corrected chi connectivity index (χ2v) is 8.82. The van der Waals surface area contributed by atoms with E-state index in [0.29, 0.717) is 16.3 Å². The first kappa shape index (κ1) is 19.9. The van der Waals surface area contributed by atoms with E-state index in [4.69, 9.17) is 5.73 Å². The molecule has 0 saturated carbocycles. The monoisotopic (exact) mass is 421 g/mol. The molecule has 4 N–H and O–H groups in total. The number of aryl methyl sites for hydroxylation is 1. The molecular weight excluding hydrogens is 406 g/mol. The third-order valence-electron chi connectivity index (χ3n) is 3.94. The molecule has 3 aromatic rings. The minimum Gasteiger partial charge on any atom is -0.397 e. The van der Waals surface area contributed by atoms with Crippen molar-refractivity contribution in [2.75, 3.05) is 5.73 Å². The summed E-state index contributed by atoms with van der Waals surface area (Å²) in [5.74, 6) is 0. The number of hydrogen-bond donors (Lipinski definition) is 3. The third-order valence-corrected chi connectivity index (χ3v) is 5.69. The largest absolute Gasteiger partial charge is 0.397 e. The quantitative estimate of drug-likeness (QED) is 0.329. The van der Waals surface area contributed by atoms with Gasteiger partial charge in [0, 0.05) is 5.39 Å². The molecule has 0 amide bonds. The van der Waals surface area contributed by atoms with Crippen LogP contribution >= 0.6 is 0 Å². The van der Waals surface area contributed by atoms with Crippen LogP contribution in [0.1, 0.15) is 5.56 Å². The van der Waals surface area contributed by atoms with Crippen molar-refractivity contribution in [3.05, 3.63) is 54.1 Å². The Morgan fingerprint density at radius 1 is 0.857 bits per heavy atom. The molecule has 0 bridgehead atoms. The molecule has 28 heavy (non-hydrogen) atoms. The van der Waals surface area contributed by atoms with E-state index < -0.39 is 25.1 Å². The molecule has 0 aliphatic rings. The Hall–Kier alpha value is -2.86. The second kappa shape index (κ2) is 6.95.